The van der Waals surface area contributed by atoms with Gasteiger partial charge in [-0.25, -0.2) is 4.98 Å². The fraction of sp³-hybridized carbons (Fsp3) is 0. The Balaban J connectivity index is 1.32. The zero-order valence-electron chi connectivity index (χ0n) is 28.9. The highest BCUT2D eigenvalue weighted by Gasteiger charge is 2.25. The second-order valence-corrected chi connectivity index (χ2v) is 15.0. The summed E-state index contributed by atoms with van der Waals surface area (Å²) in [4.78, 5) is 16.0. The lowest BCUT2D eigenvalue weighted by Crippen LogP contribution is -2.06. The van der Waals surface area contributed by atoms with Crippen LogP contribution >= 0.6 is 11.3 Å². The van der Waals surface area contributed by atoms with Crippen molar-refractivity contribution in [2.24, 2.45) is 0 Å². The molecule has 0 spiro atoms. The van der Waals surface area contributed by atoms with Crippen LogP contribution in [0.3, 0.4) is 0 Å². The second-order valence-electron chi connectivity index (χ2n) is 13.9. The highest BCUT2D eigenvalue weighted by atomic mass is 32.1. The van der Waals surface area contributed by atoms with E-state index >= 15 is 0 Å². The van der Waals surface area contributed by atoms with Crippen LogP contribution in [0.15, 0.2) is 170 Å². The van der Waals surface area contributed by atoms with Gasteiger partial charge in [-0.3, -0.25) is 4.57 Å². The van der Waals surface area contributed by atoms with Gasteiger partial charge in [-0.15, -0.1) is 11.3 Å². The first-order valence-electron chi connectivity index (χ1n) is 18.2. The molecular weight excluding hydrogens is 677 g/mol. The summed E-state index contributed by atoms with van der Waals surface area (Å²) in [6, 6.07) is 60.5. The average Bonchev–Trinajstić information content (AvgIpc) is 3.81. The predicted octanol–water partition coefficient (Wildman–Crippen LogP) is 13.3. The Kier molecular flexibility index (Phi) is 6.18. The van der Waals surface area contributed by atoms with Gasteiger partial charge >= 0.3 is 0 Å². The summed E-state index contributed by atoms with van der Waals surface area (Å²) in [6.07, 6.45) is 0. The molecule has 12 aromatic rings. The van der Waals surface area contributed by atoms with E-state index in [1.807, 2.05) is 29.5 Å². The highest BCUT2D eigenvalue weighted by molar-refractivity contribution is 7.27. The lowest BCUT2D eigenvalue weighted by molar-refractivity contribution is 0.956. The van der Waals surface area contributed by atoms with E-state index in [0.29, 0.717) is 17.6 Å². The molecule has 0 saturated heterocycles. The number of hydrogen-bond donors (Lipinski definition) is 0. The fourth-order valence-corrected chi connectivity index (χ4v) is 10.0. The van der Waals surface area contributed by atoms with Crippen molar-refractivity contribution < 1.29 is 0 Å². The minimum absolute atomic E-state index is 0.594. The number of hydrogen-bond acceptors (Lipinski definition) is 4. The average molecular weight is 705 g/mol. The second kappa shape index (κ2) is 11.3. The number of fused-ring (bicyclic) bond motifs is 15. The van der Waals surface area contributed by atoms with E-state index in [0.717, 1.165) is 32.9 Å². The van der Waals surface area contributed by atoms with Gasteiger partial charge in [-0.1, -0.05) is 164 Å². The lowest BCUT2D eigenvalue weighted by atomic mass is 9.96. The molecule has 0 fully saturated rings. The van der Waals surface area contributed by atoms with E-state index in [1.165, 1.54) is 63.3 Å². The van der Waals surface area contributed by atoms with Crippen LogP contribution in [0.1, 0.15) is 0 Å². The zero-order valence-corrected chi connectivity index (χ0v) is 29.7. The molecule has 9 aromatic carbocycles. The van der Waals surface area contributed by atoms with Crippen LogP contribution < -0.4 is 0 Å². The molecule has 5 heteroatoms. The molecule has 12 rings (SSSR count). The van der Waals surface area contributed by atoms with Crippen molar-refractivity contribution in [3.63, 3.8) is 0 Å². The molecule has 4 nitrogen and oxygen atoms in total. The third-order valence-corrected chi connectivity index (χ3v) is 12.3. The quantitative estimate of drug-likeness (QED) is 0.184. The first-order valence-corrected chi connectivity index (χ1v) is 19.0. The van der Waals surface area contributed by atoms with E-state index in [1.54, 1.807) is 0 Å². The number of nitrogens with zero attached hydrogens (tertiary/aromatic N) is 4. The SMILES string of the molecule is c1ccc(-c2nc(-c3cccc4ccccc34)nc(-n3c4ccc5ccccc5c4c4c5c6ccc7ccccc7c6sc5c5ccccc5c43)n2)cc1. The summed E-state index contributed by atoms with van der Waals surface area (Å²) in [7, 11) is 0. The van der Waals surface area contributed by atoms with Crippen molar-refractivity contribution >= 4 is 96.4 Å². The molecule has 0 aliphatic carbocycles. The Hall–Kier alpha value is -6.95. The van der Waals surface area contributed by atoms with Crippen LogP contribution in [-0.4, -0.2) is 19.5 Å². The zero-order chi connectivity index (χ0) is 35.3. The number of rotatable bonds is 3. The Morgan fingerprint density at radius 2 is 0.981 bits per heavy atom. The van der Waals surface area contributed by atoms with E-state index in [4.69, 9.17) is 15.0 Å². The van der Waals surface area contributed by atoms with Crippen LogP contribution in [0.4, 0.5) is 0 Å². The molecule has 0 aliphatic rings. The van der Waals surface area contributed by atoms with Gasteiger partial charge in [0.05, 0.1) is 11.0 Å². The van der Waals surface area contributed by atoms with Crippen molar-refractivity contribution in [3.05, 3.63) is 170 Å². The summed E-state index contributed by atoms with van der Waals surface area (Å²) in [6.45, 7) is 0. The fourth-order valence-electron chi connectivity index (χ4n) is 8.64. The Bertz CT molecular complexity index is 3500. The molecule has 0 radical (unpaired) electrons. The molecule has 3 heterocycles. The van der Waals surface area contributed by atoms with Crippen molar-refractivity contribution in [1.29, 1.82) is 0 Å². The number of benzene rings is 9. The Morgan fingerprint density at radius 1 is 0.370 bits per heavy atom. The molecule has 0 aliphatic heterocycles. The van der Waals surface area contributed by atoms with Gasteiger partial charge in [-0.05, 0) is 38.4 Å². The van der Waals surface area contributed by atoms with Crippen molar-refractivity contribution in [3.8, 4) is 28.7 Å². The van der Waals surface area contributed by atoms with Crippen LogP contribution in [0, 0.1) is 0 Å². The molecular formula is C49H28N4S. The van der Waals surface area contributed by atoms with Gasteiger partial charge in [0.1, 0.15) is 0 Å². The minimum atomic E-state index is 0.594. The molecule has 0 saturated carbocycles. The Morgan fingerprint density at radius 3 is 1.80 bits per heavy atom. The van der Waals surface area contributed by atoms with Crippen molar-refractivity contribution in [1.82, 2.24) is 19.5 Å². The molecule has 54 heavy (non-hydrogen) atoms. The standard InChI is InChI=1S/C49H28N4S/c1-2-16-32(17-3-1)47-50-48(38-24-12-18-29-13-4-7-19-33(29)38)52-49(51-47)53-40-28-26-30-14-5-8-20-34(30)41(40)43-42-39-27-25-31-15-6-9-21-35(31)45(39)54-46(42)37-23-11-10-22-36(37)44(43)53/h1-28H. The molecule has 0 unspecified atom stereocenters. The molecule has 0 amide bonds. The van der Waals surface area contributed by atoms with Crippen LogP contribution in [0.25, 0.3) is 114 Å². The van der Waals surface area contributed by atoms with Crippen molar-refractivity contribution in [2.45, 2.75) is 0 Å². The number of thiophene rings is 1. The van der Waals surface area contributed by atoms with Gasteiger partial charge in [0, 0.05) is 52.8 Å². The predicted molar refractivity (Wildman–Crippen MR) is 228 cm³/mol. The normalized spacial score (nSPS) is 12.1. The highest BCUT2D eigenvalue weighted by Crippen LogP contribution is 2.50. The summed E-state index contributed by atoms with van der Waals surface area (Å²) < 4.78 is 4.92. The summed E-state index contributed by atoms with van der Waals surface area (Å²) >= 11 is 1.90. The Labute approximate surface area is 313 Å². The monoisotopic (exact) mass is 704 g/mol. The molecule has 0 bridgehead atoms. The van der Waals surface area contributed by atoms with Crippen molar-refractivity contribution in [2.75, 3.05) is 0 Å². The van der Waals surface area contributed by atoms with Gasteiger partial charge in [0.25, 0.3) is 0 Å². The maximum absolute atomic E-state index is 5.42. The smallest absolute Gasteiger partial charge is 0.238 e. The van der Waals surface area contributed by atoms with E-state index in [9.17, 15) is 0 Å². The first kappa shape index (κ1) is 29.6. The van der Waals surface area contributed by atoms with Gasteiger partial charge in [0.2, 0.25) is 5.95 Å². The summed E-state index contributed by atoms with van der Waals surface area (Å²) in [5, 5.41) is 14.6. The van der Waals surface area contributed by atoms with Gasteiger partial charge in [-0.2, -0.15) is 9.97 Å². The molecule has 250 valence electrons. The first-order chi connectivity index (χ1) is 26.8. The molecule has 0 N–H and O–H groups in total. The van der Waals surface area contributed by atoms with Crippen LogP contribution in [0.5, 0.6) is 0 Å². The molecule has 0 atom stereocenters. The van der Waals surface area contributed by atoms with E-state index < -0.39 is 0 Å². The van der Waals surface area contributed by atoms with Crippen LogP contribution in [0.2, 0.25) is 0 Å². The third kappa shape index (κ3) is 4.15. The molecule has 3 aromatic heterocycles. The van der Waals surface area contributed by atoms with Gasteiger partial charge < -0.3 is 0 Å². The van der Waals surface area contributed by atoms with E-state index in [-0.39, 0.29) is 0 Å². The van der Waals surface area contributed by atoms with Gasteiger partial charge in [0.15, 0.2) is 11.6 Å². The summed E-state index contributed by atoms with van der Waals surface area (Å²) in [5.41, 5.74) is 4.09. The lowest BCUT2D eigenvalue weighted by Gasteiger charge is -2.13. The largest absolute Gasteiger partial charge is 0.277 e. The minimum Gasteiger partial charge on any atom is -0.277 e. The summed E-state index contributed by atoms with van der Waals surface area (Å²) in [5.74, 6) is 1.87. The maximum atomic E-state index is 5.42. The topological polar surface area (TPSA) is 43.6 Å². The van der Waals surface area contributed by atoms with Crippen LogP contribution in [-0.2, 0) is 0 Å². The number of aromatic nitrogens is 4. The maximum Gasteiger partial charge on any atom is 0.238 e. The van der Waals surface area contributed by atoms with E-state index in [2.05, 4.69) is 156 Å². The third-order valence-electron chi connectivity index (χ3n) is 11.0.